The molecule has 0 fully saturated rings. The van der Waals surface area contributed by atoms with Crippen LogP contribution >= 0.6 is 11.6 Å². The molecule has 0 N–H and O–H groups in total. The summed E-state index contributed by atoms with van der Waals surface area (Å²) in [6, 6.07) is 8.81. The van der Waals surface area contributed by atoms with Crippen LogP contribution in [-0.2, 0) is 0 Å². The van der Waals surface area contributed by atoms with Gasteiger partial charge in [-0.3, -0.25) is 9.78 Å². The Kier molecular flexibility index (Phi) is 3.02. The Labute approximate surface area is 98.9 Å². The summed E-state index contributed by atoms with van der Waals surface area (Å²) >= 11 is 5.98. The summed E-state index contributed by atoms with van der Waals surface area (Å²) in [6.07, 6.45) is 3.20. The number of hydrogen-bond donors (Lipinski definition) is 0. The minimum atomic E-state index is -0.0481. The summed E-state index contributed by atoms with van der Waals surface area (Å²) < 4.78 is 0. The van der Waals surface area contributed by atoms with Crippen molar-refractivity contribution in [2.75, 3.05) is 0 Å². The Morgan fingerprint density at radius 3 is 2.75 bits per heavy atom. The monoisotopic (exact) mass is 231 g/mol. The predicted octanol–water partition coefficient (Wildman–Crippen LogP) is 3.27. The SMILES string of the molecule is Cc1c(Cl)cccc1C(=O)c1cccnc1. The van der Waals surface area contributed by atoms with Crippen molar-refractivity contribution in [3.63, 3.8) is 0 Å². The Bertz CT molecular complexity index is 523. The highest BCUT2D eigenvalue weighted by atomic mass is 35.5. The number of pyridine rings is 1. The van der Waals surface area contributed by atoms with Crippen molar-refractivity contribution in [2.45, 2.75) is 6.92 Å². The van der Waals surface area contributed by atoms with Crippen LogP contribution in [0.2, 0.25) is 5.02 Å². The largest absolute Gasteiger partial charge is 0.289 e. The summed E-state index contributed by atoms with van der Waals surface area (Å²) in [4.78, 5) is 16.1. The fourth-order valence-electron chi connectivity index (χ4n) is 1.51. The van der Waals surface area contributed by atoms with E-state index in [0.29, 0.717) is 16.1 Å². The number of ketones is 1. The first kappa shape index (κ1) is 10.8. The Morgan fingerprint density at radius 2 is 2.06 bits per heavy atom. The lowest BCUT2D eigenvalue weighted by atomic mass is 10.0. The highest BCUT2D eigenvalue weighted by Crippen LogP contribution is 2.20. The van der Waals surface area contributed by atoms with Crippen molar-refractivity contribution in [1.29, 1.82) is 0 Å². The molecular formula is C13H10ClNO. The number of carbonyl (C=O) groups excluding carboxylic acids is 1. The molecule has 0 aliphatic rings. The molecule has 0 bridgehead atoms. The molecule has 16 heavy (non-hydrogen) atoms. The molecule has 0 aliphatic heterocycles. The minimum absolute atomic E-state index is 0.0481. The zero-order chi connectivity index (χ0) is 11.5. The van der Waals surface area contributed by atoms with Gasteiger partial charge in [0.2, 0.25) is 0 Å². The molecule has 0 spiro atoms. The van der Waals surface area contributed by atoms with Crippen LogP contribution in [0.5, 0.6) is 0 Å². The maximum absolute atomic E-state index is 12.1. The fourth-order valence-corrected chi connectivity index (χ4v) is 1.68. The summed E-state index contributed by atoms with van der Waals surface area (Å²) in [5.41, 5.74) is 2.01. The van der Waals surface area contributed by atoms with Crippen LogP contribution in [-0.4, -0.2) is 10.8 Å². The van der Waals surface area contributed by atoms with Crippen molar-refractivity contribution >= 4 is 17.4 Å². The number of aromatic nitrogens is 1. The van der Waals surface area contributed by atoms with Crippen LogP contribution in [0.25, 0.3) is 0 Å². The molecule has 0 radical (unpaired) electrons. The molecule has 1 heterocycles. The fraction of sp³-hybridized carbons (Fsp3) is 0.0769. The van der Waals surface area contributed by atoms with Gasteiger partial charge in [0.25, 0.3) is 0 Å². The maximum Gasteiger partial charge on any atom is 0.194 e. The topological polar surface area (TPSA) is 30.0 Å². The van der Waals surface area contributed by atoms with E-state index >= 15 is 0 Å². The van der Waals surface area contributed by atoms with Gasteiger partial charge in [-0.05, 0) is 30.7 Å². The second kappa shape index (κ2) is 4.45. The molecule has 80 valence electrons. The van der Waals surface area contributed by atoms with Gasteiger partial charge < -0.3 is 0 Å². The van der Waals surface area contributed by atoms with Crippen LogP contribution in [0, 0.1) is 6.92 Å². The number of benzene rings is 1. The van der Waals surface area contributed by atoms with Crippen molar-refractivity contribution < 1.29 is 4.79 Å². The van der Waals surface area contributed by atoms with E-state index in [1.54, 1.807) is 42.7 Å². The quantitative estimate of drug-likeness (QED) is 0.743. The zero-order valence-electron chi connectivity index (χ0n) is 8.77. The average Bonchev–Trinajstić information content (AvgIpc) is 2.33. The molecule has 0 saturated heterocycles. The van der Waals surface area contributed by atoms with Crippen LogP contribution in [0.15, 0.2) is 42.7 Å². The molecule has 2 rings (SSSR count). The van der Waals surface area contributed by atoms with E-state index in [4.69, 9.17) is 11.6 Å². The van der Waals surface area contributed by atoms with E-state index in [-0.39, 0.29) is 5.78 Å². The van der Waals surface area contributed by atoms with Crippen molar-refractivity contribution in [2.24, 2.45) is 0 Å². The molecule has 0 aliphatic carbocycles. The first-order chi connectivity index (χ1) is 7.70. The molecule has 0 saturated carbocycles. The van der Waals surface area contributed by atoms with Gasteiger partial charge in [-0.1, -0.05) is 23.7 Å². The van der Waals surface area contributed by atoms with Crippen molar-refractivity contribution in [1.82, 2.24) is 4.98 Å². The second-order valence-electron chi connectivity index (χ2n) is 3.48. The van der Waals surface area contributed by atoms with E-state index in [9.17, 15) is 4.79 Å². The van der Waals surface area contributed by atoms with Gasteiger partial charge in [0.1, 0.15) is 0 Å². The molecule has 2 nitrogen and oxygen atoms in total. The van der Waals surface area contributed by atoms with E-state index in [1.165, 1.54) is 0 Å². The van der Waals surface area contributed by atoms with Crippen LogP contribution in [0.1, 0.15) is 21.5 Å². The van der Waals surface area contributed by atoms with Gasteiger partial charge in [-0.2, -0.15) is 0 Å². The number of rotatable bonds is 2. The van der Waals surface area contributed by atoms with Gasteiger partial charge in [0, 0.05) is 28.5 Å². The van der Waals surface area contributed by atoms with E-state index in [2.05, 4.69) is 4.98 Å². The number of carbonyl (C=O) groups is 1. The summed E-state index contributed by atoms with van der Waals surface area (Å²) in [5.74, 6) is -0.0481. The maximum atomic E-state index is 12.1. The lowest BCUT2D eigenvalue weighted by Gasteiger charge is -2.05. The molecule has 0 amide bonds. The smallest absolute Gasteiger partial charge is 0.194 e. The van der Waals surface area contributed by atoms with E-state index in [0.717, 1.165) is 5.56 Å². The molecule has 2 aromatic rings. The van der Waals surface area contributed by atoms with Gasteiger partial charge in [-0.15, -0.1) is 0 Å². The Hall–Kier alpha value is -1.67. The number of halogens is 1. The van der Waals surface area contributed by atoms with Crippen molar-refractivity contribution in [3.05, 3.63) is 64.4 Å². The molecular weight excluding hydrogens is 222 g/mol. The zero-order valence-corrected chi connectivity index (χ0v) is 9.53. The lowest BCUT2D eigenvalue weighted by Crippen LogP contribution is -2.04. The third-order valence-electron chi connectivity index (χ3n) is 2.44. The Balaban J connectivity index is 2.46. The van der Waals surface area contributed by atoms with Crippen LogP contribution in [0.3, 0.4) is 0 Å². The molecule has 1 aromatic heterocycles. The van der Waals surface area contributed by atoms with Crippen molar-refractivity contribution in [3.8, 4) is 0 Å². The second-order valence-corrected chi connectivity index (χ2v) is 3.89. The van der Waals surface area contributed by atoms with Gasteiger partial charge in [0.15, 0.2) is 5.78 Å². The summed E-state index contributed by atoms with van der Waals surface area (Å²) in [5, 5.41) is 0.606. The normalized spacial score (nSPS) is 10.1. The van der Waals surface area contributed by atoms with Gasteiger partial charge in [0.05, 0.1) is 0 Å². The number of hydrogen-bond acceptors (Lipinski definition) is 2. The number of nitrogens with zero attached hydrogens (tertiary/aromatic N) is 1. The highest BCUT2D eigenvalue weighted by Gasteiger charge is 2.12. The Morgan fingerprint density at radius 1 is 1.25 bits per heavy atom. The molecule has 1 aromatic carbocycles. The lowest BCUT2D eigenvalue weighted by molar-refractivity contribution is 0.103. The molecule has 3 heteroatoms. The van der Waals surface area contributed by atoms with Crippen LogP contribution < -0.4 is 0 Å². The third-order valence-corrected chi connectivity index (χ3v) is 2.85. The summed E-state index contributed by atoms with van der Waals surface area (Å²) in [7, 11) is 0. The standard InChI is InChI=1S/C13H10ClNO/c1-9-11(5-2-6-12(9)14)13(16)10-4-3-7-15-8-10/h2-8H,1H3. The summed E-state index contributed by atoms with van der Waals surface area (Å²) in [6.45, 7) is 1.84. The highest BCUT2D eigenvalue weighted by molar-refractivity contribution is 6.32. The average molecular weight is 232 g/mol. The van der Waals surface area contributed by atoms with Crippen LogP contribution in [0.4, 0.5) is 0 Å². The van der Waals surface area contributed by atoms with E-state index < -0.39 is 0 Å². The van der Waals surface area contributed by atoms with Gasteiger partial charge >= 0.3 is 0 Å². The minimum Gasteiger partial charge on any atom is -0.289 e. The molecule has 0 unspecified atom stereocenters. The van der Waals surface area contributed by atoms with Gasteiger partial charge in [-0.25, -0.2) is 0 Å². The molecule has 0 atom stereocenters. The van der Waals surface area contributed by atoms with E-state index in [1.807, 2.05) is 6.92 Å². The first-order valence-electron chi connectivity index (χ1n) is 4.90. The third kappa shape index (κ3) is 1.97. The predicted molar refractivity (Wildman–Crippen MR) is 63.9 cm³/mol. The first-order valence-corrected chi connectivity index (χ1v) is 5.28.